The first-order valence-corrected chi connectivity index (χ1v) is 17.0. The lowest BCUT2D eigenvalue weighted by atomic mass is 9.65. The monoisotopic (exact) mass is 587 g/mol. The molecule has 0 aromatic carbocycles. The van der Waals surface area contributed by atoms with Gasteiger partial charge in [0.1, 0.15) is 6.17 Å². The fraction of sp³-hybridized carbons (Fsp3) is 0.879. The zero-order valence-corrected chi connectivity index (χ0v) is 26.1. The Morgan fingerprint density at radius 3 is 2.60 bits per heavy atom. The lowest BCUT2D eigenvalue weighted by molar-refractivity contribution is -0.208. The molecule has 0 spiro atoms. The molecular weight excluding hydrogens is 533 g/mol. The van der Waals surface area contributed by atoms with Crippen LogP contribution in [0.15, 0.2) is 11.8 Å². The number of rotatable bonds is 10. The van der Waals surface area contributed by atoms with Gasteiger partial charge in [-0.05, 0) is 104 Å². The highest BCUT2D eigenvalue weighted by Crippen LogP contribution is 2.50. The van der Waals surface area contributed by atoms with Gasteiger partial charge in [0.2, 0.25) is 0 Å². The van der Waals surface area contributed by atoms with Crippen LogP contribution in [0.25, 0.3) is 0 Å². The largest absolute Gasteiger partial charge is 0.369 e. The number of ketones is 1. The Hall–Kier alpha value is -1.55. The predicted octanol–water partition coefficient (Wildman–Crippen LogP) is 3.12. The summed E-state index contributed by atoms with van der Waals surface area (Å²) in [6, 6.07) is 0.0470. The SMILES string of the molecule is CN(C)CCCCNC(=O)C1=CN2C3CC4CCCCC4CC3OC3C(NCCC4CCCN4C)C(F)CC(C1=O)C32. The number of carbonyl (C=O) groups is 2. The molecule has 0 aromatic heterocycles. The van der Waals surface area contributed by atoms with Crippen LogP contribution in [0.4, 0.5) is 4.39 Å². The highest BCUT2D eigenvalue weighted by Gasteiger charge is 2.59. The van der Waals surface area contributed by atoms with Gasteiger partial charge in [0.25, 0.3) is 5.91 Å². The predicted molar refractivity (Wildman–Crippen MR) is 162 cm³/mol. The van der Waals surface area contributed by atoms with Crippen LogP contribution < -0.4 is 10.6 Å². The second-order valence-electron chi connectivity index (χ2n) is 14.5. The lowest BCUT2D eigenvalue weighted by Crippen LogP contribution is -2.73. The number of fused-ring (bicyclic) bond motifs is 3. The van der Waals surface area contributed by atoms with Crippen molar-refractivity contribution in [2.75, 3.05) is 47.3 Å². The summed E-state index contributed by atoms with van der Waals surface area (Å²) in [7, 11) is 6.27. The average Bonchev–Trinajstić information content (AvgIpc) is 3.38. The molecule has 42 heavy (non-hydrogen) atoms. The summed E-state index contributed by atoms with van der Waals surface area (Å²) in [5, 5.41) is 6.59. The molecule has 1 amide bonds. The summed E-state index contributed by atoms with van der Waals surface area (Å²) in [5.74, 6) is 0.295. The Morgan fingerprint density at radius 2 is 1.86 bits per heavy atom. The van der Waals surface area contributed by atoms with Crippen molar-refractivity contribution in [3.8, 4) is 0 Å². The normalized spacial score (nSPS) is 39.9. The van der Waals surface area contributed by atoms with Gasteiger partial charge in [-0.15, -0.1) is 0 Å². The van der Waals surface area contributed by atoms with Gasteiger partial charge < -0.3 is 30.1 Å². The number of likely N-dealkylation sites (tertiary alicyclic amines) is 1. The number of carbonyl (C=O) groups excluding carboxylic acids is 2. The molecule has 0 radical (unpaired) electrons. The fourth-order valence-electron chi connectivity index (χ4n) is 9.31. The molecule has 9 heteroatoms. The molecule has 2 N–H and O–H groups in total. The highest BCUT2D eigenvalue weighted by atomic mass is 19.1. The lowest BCUT2D eigenvalue weighted by Gasteiger charge is -2.61. The van der Waals surface area contributed by atoms with E-state index in [2.05, 4.69) is 32.4 Å². The molecule has 3 aliphatic carbocycles. The number of amides is 1. The summed E-state index contributed by atoms with van der Waals surface area (Å²) in [5.41, 5.74) is 0.219. The molecule has 5 fully saturated rings. The number of alkyl halides is 1. The van der Waals surface area contributed by atoms with Gasteiger partial charge in [-0.2, -0.15) is 0 Å². The van der Waals surface area contributed by atoms with Gasteiger partial charge in [0, 0.05) is 24.7 Å². The van der Waals surface area contributed by atoms with Crippen molar-refractivity contribution in [1.82, 2.24) is 25.3 Å². The van der Waals surface area contributed by atoms with Crippen molar-refractivity contribution >= 4 is 11.7 Å². The first-order chi connectivity index (χ1) is 20.3. The van der Waals surface area contributed by atoms with Crippen molar-refractivity contribution in [3.63, 3.8) is 0 Å². The van der Waals surface area contributed by atoms with E-state index < -0.39 is 24.2 Å². The topological polar surface area (TPSA) is 77.2 Å². The van der Waals surface area contributed by atoms with Gasteiger partial charge in [-0.1, -0.05) is 25.7 Å². The Kier molecular flexibility index (Phi) is 9.58. The number of Topliss-reactive ketones (excluding diaryl/α,β-unsaturated/α-hetero) is 1. The number of hydrogen-bond acceptors (Lipinski definition) is 7. The highest BCUT2D eigenvalue weighted by molar-refractivity contribution is 6.20. The molecule has 3 heterocycles. The third-order valence-electron chi connectivity index (χ3n) is 11.6. The molecule has 0 bridgehead atoms. The second-order valence-corrected chi connectivity index (χ2v) is 14.5. The van der Waals surface area contributed by atoms with E-state index in [4.69, 9.17) is 4.74 Å². The maximum Gasteiger partial charge on any atom is 0.256 e. The number of unbranched alkanes of at least 4 members (excludes halogenated alkanes) is 1. The van der Waals surface area contributed by atoms with E-state index in [9.17, 15) is 9.59 Å². The van der Waals surface area contributed by atoms with Crippen LogP contribution in [0.5, 0.6) is 0 Å². The Bertz CT molecular complexity index is 1010. The van der Waals surface area contributed by atoms with Crippen LogP contribution >= 0.6 is 0 Å². The quantitative estimate of drug-likeness (QED) is 0.301. The number of nitrogens with zero attached hydrogens (tertiary/aromatic N) is 3. The van der Waals surface area contributed by atoms with E-state index in [0.29, 0.717) is 24.4 Å². The van der Waals surface area contributed by atoms with Crippen molar-refractivity contribution in [3.05, 3.63) is 11.8 Å². The molecule has 3 saturated carbocycles. The molecule has 2 saturated heterocycles. The maximum atomic E-state index is 16.1. The van der Waals surface area contributed by atoms with Gasteiger partial charge in [-0.25, -0.2) is 4.39 Å². The summed E-state index contributed by atoms with van der Waals surface area (Å²) in [6.45, 7) is 3.39. The van der Waals surface area contributed by atoms with Gasteiger partial charge in [0.15, 0.2) is 5.78 Å². The summed E-state index contributed by atoms with van der Waals surface area (Å²) >= 11 is 0. The number of halogens is 1. The molecule has 6 rings (SSSR count). The van der Waals surface area contributed by atoms with Crippen LogP contribution in [0, 0.1) is 17.8 Å². The van der Waals surface area contributed by atoms with Crippen molar-refractivity contribution in [2.45, 2.75) is 120 Å². The smallest absolute Gasteiger partial charge is 0.256 e. The molecule has 3 aliphatic heterocycles. The summed E-state index contributed by atoms with van der Waals surface area (Å²) in [6.07, 6.45) is 12.9. The zero-order valence-electron chi connectivity index (χ0n) is 26.1. The first kappa shape index (κ1) is 30.5. The van der Waals surface area contributed by atoms with Crippen LogP contribution in [-0.4, -0.2) is 116 Å². The van der Waals surface area contributed by atoms with Crippen molar-refractivity contribution in [1.29, 1.82) is 0 Å². The van der Waals surface area contributed by atoms with E-state index in [-0.39, 0.29) is 41.9 Å². The van der Waals surface area contributed by atoms with Crippen molar-refractivity contribution < 1.29 is 18.7 Å². The molecule has 8 nitrogen and oxygen atoms in total. The molecule has 0 aromatic rings. The van der Waals surface area contributed by atoms with E-state index in [1.807, 2.05) is 20.3 Å². The minimum absolute atomic E-state index is 0.0154. The fourth-order valence-corrected chi connectivity index (χ4v) is 9.31. The van der Waals surface area contributed by atoms with Crippen LogP contribution in [0.2, 0.25) is 0 Å². The minimum Gasteiger partial charge on any atom is -0.369 e. The third-order valence-corrected chi connectivity index (χ3v) is 11.6. The summed E-state index contributed by atoms with van der Waals surface area (Å²) < 4.78 is 23.0. The second kappa shape index (κ2) is 13.2. The molecular formula is C33H54FN5O3. The van der Waals surface area contributed by atoms with E-state index in [1.165, 1.54) is 38.5 Å². The average molecular weight is 588 g/mol. The van der Waals surface area contributed by atoms with Gasteiger partial charge in [0.05, 0.1) is 35.9 Å². The van der Waals surface area contributed by atoms with E-state index in [1.54, 1.807) is 0 Å². The number of hydrogen-bond donors (Lipinski definition) is 2. The Balaban J connectivity index is 1.21. The van der Waals surface area contributed by atoms with Crippen LogP contribution in [-0.2, 0) is 14.3 Å². The van der Waals surface area contributed by atoms with Crippen molar-refractivity contribution in [2.24, 2.45) is 17.8 Å². The third kappa shape index (κ3) is 6.18. The molecule has 6 aliphatic rings. The van der Waals surface area contributed by atoms with Crippen LogP contribution in [0.1, 0.15) is 77.0 Å². The Morgan fingerprint density at radius 1 is 1.07 bits per heavy atom. The standard InChI is InChI=1S/C33H54FN5O3/c1-37(2)15-7-6-13-36-33(41)25-20-39-27-17-21-9-4-5-10-22(21)18-28(27)42-32-29(26(34)19-24(30(32)39)31(25)40)35-14-12-23-11-8-16-38(23)3/h20-24,26-30,32,35H,4-19H2,1-3H3,(H,36,41). The molecule has 10 atom stereocenters. The number of ether oxygens (including phenoxy) is 1. The maximum absolute atomic E-state index is 16.1. The van der Waals surface area contributed by atoms with E-state index >= 15 is 4.39 Å². The van der Waals surface area contributed by atoms with E-state index in [0.717, 1.165) is 51.7 Å². The van der Waals surface area contributed by atoms with Gasteiger partial charge in [-0.3, -0.25) is 9.59 Å². The zero-order chi connectivity index (χ0) is 29.4. The number of nitrogens with one attached hydrogen (secondary N) is 2. The van der Waals surface area contributed by atoms with Crippen LogP contribution in [0.3, 0.4) is 0 Å². The minimum atomic E-state index is -1.18. The molecule has 236 valence electrons. The summed E-state index contributed by atoms with van der Waals surface area (Å²) in [4.78, 5) is 34.1. The Labute approximate surface area is 252 Å². The van der Waals surface area contributed by atoms with Gasteiger partial charge >= 0.3 is 0 Å². The number of morpholine rings is 1. The first-order valence-electron chi connectivity index (χ1n) is 17.0. The molecule has 10 unspecified atom stereocenters.